The lowest BCUT2D eigenvalue weighted by Crippen LogP contribution is -2.43. The number of nitrogens with zero attached hydrogens (tertiary/aromatic N) is 2. The molecule has 1 aromatic heterocycles. The number of likely N-dealkylation sites (tertiary alicyclic amines) is 1. The molecule has 3 N–H and O–H groups in total. The van der Waals surface area contributed by atoms with Gasteiger partial charge in [-0.25, -0.2) is 13.2 Å². The van der Waals surface area contributed by atoms with E-state index < -0.39 is 23.6 Å². The predicted octanol–water partition coefficient (Wildman–Crippen LogP) is 5.31. The van der Waals surface area contributed by atoms with Crippen molar-refractivity contribution < 1.29 is 28.1 Å². The van der Waals surface area contributed by atoms with E-state index in [1.54, 1.807) is 13.2 Å². The maximum Gasteiger partial charge on any atom is 0.194 e. The lowest BCUT2D eigenvalue weighted by molar-refractivity contribution is 0.0248. The number of benzene rings is 2. The van der Waals surface area contributed by atoms with E-state index in [-0.39, 0.29) is 17.7 Å². The van der Waals surface area contributed by atoms with Crippen molar-refractivity contribution in [1.82, 2.24) is 9.88 Å². The van der Waals surface area contributed by atoms with Gasteiger partial charge in [-0.05, 0) is 62.4 Å². The zero-order valence-electron chi connectivity index (χ0n) is 20.6. The Morgan fingerprint density at radius 1 is 1.16 bits per heavy atom. The van der Waals surface area contributed by atoms with Crippen molar-refractivity contribution in [3.8, 4) is 5.75 Å². The van der Waals surface area contributed by atoms with Crippen LogP contribution in [0.25, 0.3) is 10.9 Å². The minimum absolute atomic E-state index is 0.0125. The van der Waals surface area contributed by atoms with Crippen molar-refractivity contribution in [3.05, 3.63) is 64.6 Å². The van der Waals surface area contributed by atoms with Crippen LogP contribution in [-0.4, -0.2) is 60.0 Å². The summed E-state index contributed by atoms with van der Waals surface area (Å²) in [6.45, 7) is 2.55. The van der Waals surface area contributed by atoms with Crippen molar-refractivity contribution in [3.63, 3.8) is 0 Å². The SMILES string of the molecule is COc1ccc2ncc(Cl)c([C@@H](O)CCC3(CO)CCN(CCNc4cc(F)c(F)c(F)c4)CC3)c2c1. The van der Waals surface area contributed by atoms with Gasteiger partial charge < -0.3 is 25.2 Å². The number of aliphatic hydroxyl groups excluding tert-OH is 2. The van der Waals surface area contributed by atoms with E-state index in [1.165, 1.54) is 6.20 Å². The van der Waals surface area contributed by atoms with Crippen molar-refractivity contribution in [2.24, 2.45) is 5.41 Å². The molecular formula is C27H31ClF3N3O3. The molecule has 3 aromatic rings. The van der Waals surface area contributed by atoms with Crippen LogP contribution < -0.4 is 10.1 Å². The molecule has 4 rings (SSSR count). The van der Waals surface area contributed by atoms with E-state index in [2.05, 4.69) is 15.2 Å². The summed E-state index contributed by atoms with van der Waals surface area (Å²) in [5.74, 6) is -3.29. The van der Waals surface area contributed by atoms with Crippen LogP contribution in [0.4, 0.5) is 18.9 Å². The van der Waals surface area contributed by atoms with E-state index in [4.69, 9.17) is 16.3 Å². The van der Waals surface area contributed by atoms with Gasteiger partial charge in [0.25, 0.3) is 0 Å². The third kappa shape index (κ3) is 6.29. The molecule has 1 aliphatic heterocycles. The first-order valence-corrected chi connectivity index (χ1v) is 12.6. The minimum atomic E-state index is -1.48. The van der Waals surface area contributed by atoms with E-state index in [0.29, 0.717) is 47.8 Å². The third-order valence-electron chi connectivity index (χ3n) is 7.34. The molecule has 0 bridgehead atoms. The molecule has 1 atom stereocenters. The Kier molecular flexibility index (Phi) is 8.79. The average molecular weight is 538 g/mol. The quantitative estimate of drug-likeness (QED) is 0.304. The van der Waals surface area contributed by atoms with Crippen molar-refractivity contribution in [2.45, 2.75) is 31.8 Å². The van der Waals surface area contributed by atoms with E-state index in [9.17, 15) is 23.4 Å². The molecule has 6 nitrogen and oxygen atoms in total. The van der Waals surface area contributed by atoms with Gasteiger partial charge in [-0.2, -0.15) is 0 Å². The van der Waals surface area contributed by atoms with Crippen LogP contribution >= 0.6 is 11.6 Å². The molecule has 0 aliphatic carbocycles. The number of nitrogens with one attached hydrogen (secondary N) is 1. The highest BCUT2D eigenvalue weighted by Crippen LogP contribution is 2.40. The molecule has 37 heavy (non-hydrogen) atoms. The number of ether oxygens (including phenoxy) is 1. The summed E-state index contributed by atoms with van der Waals surface area (Å²) in [4.78, 5) is 6.54. The largest absolute Gasteiger partial charge is 0.497 e. The van der Waals surface area contributed by atoms with Crippen LogP contribution in [0, 0.1) is 22.9 Å². The number of hydrogen-bond donors (Lipinski definition) is 3. The van der Waals surface area contributed by atoms with Crippen LogP contribution in [0.5, 0.6) is 5.75 Å². The van der Waals surface area contributed by atoms with Gasteiger partial charge in [0.2, 0.25) is 0 Å². The maximum atomic E-state index is 13.4. The summed E-state index contributed by atoms with van der Waals surface area (Å²) in [6, 6.07) is 7.31. The predicted molar refractivity (Wildman–Crippen MR) is 137 cm³/mol. The second-order valence-electron chi connectivity index (χ2n) is 9.64. The van der Waals surface area contributed by atoms with Crippen molar-refractivity contribution in [2.75, 3.05) is 45.2 Å². The highest BCUT2D eigenvalue weighted by molar-refractivity contribution is 6.32. The number of methoxy groups -OCH3 is 1. The summed E-state index contributed by atoms with van der Waals surface area (Å²) in [5, 5.41) is 25.4. The van der Waals surface area contributed by atoms with Gasteiger partial charge in [-0.3, -0.25) is 4.98 Å². The Labute approximate surface area is 219 Å². The summed E-state index contributed by atoms with van der Waals surface area (Å²) < 4.78 is 45.2. The molecule has 1 saturated heterocycles. The standard InChI is InChI=1S/C27H31ClF3N3O3/c1-37-18-2-3-23-19(14-18)25(20(28)15-33-23)24(36)4-5-27(16-35)6-9-34(10-7-27)11-8-32-17-12-21(29)26(31)22(30)13-17/h2-3,12-15,24,32,35-36H,4-11,16H2,1H3/t24-/m0/s1. The number of anilines is 1. The van der Waals surface area contributed by atoms with Gasteiger partial charge in [0, 0.05) is 54.7 Å². The molecule has 0 amide bonds. The van der Waals surface area contributed by atoms with Gasteiger partial charge in [-0.15, -0.1) is 0 Å². The zero-order valence-corrected chi connectivity index (χ0v) is 21.4. The van der Waals surface area contributed by atoms with Crippen molar-refractivity contribution >= 4 is 28.2 Å². The first-order valence-electron chi connectivity index (χ1n) is 12.3. The number of fused-ring (bicyclic) bond motifs is 1. The highest BCUT2D eigenvalue weighted by Gasteiger charge is 2.34. The second-order valence-corrected chi connectivity index (χ2v) is 10.0. The average Bonchev–Trinajstić information content (AvgIpc) is 2.90. The second kappa shape index (κ2) is 11.9. The van der Waals surface area contributed by atoms with Gasteiger partial charge in [0.15, 0.2) is 17.5 Å². The van der Waals surface area contributed by atoms with Crippen LogP contribution in [0.3, 0.4) is 0 Å². The van der Waals surface area contributed by atoms with Gasteiger partial charge in [0.1, 0.15) is 5.75 Å². The normalized spacial score (nSPS) is 16.6. The monoisotopic (exact) mass is 537 g/mol. The van der Waals surface area contributed by atoms with Gasteiger partial charge in [-0.1, -0.05) is 11.6 Å². The summed E-state index contributed by atoms with van der Waals surface area (Å²) >= 11 is 6.44. The Hall–Kier alpha value is -2.59. The number of halogens is 4. The summed E-state index contributed by atoms with van der Waals surface area (Å²) in [5.41, 5.74) is 1.19. The topological polar surface area (TPSA) is 77.8 Å². The summed E-state index contributed by atoms with van der Waals surface area (Å²) in [6.07, 6.45) is 3.25. The van der Waals surface area contributed by atoms with E-state index in [0.717, 1.165) is 43.5 Å². The van der Waals surface area contributed by atoms with Crippen LogP contribution in [0.15, 0.2) is 36.5 Å². The van der Waals surface area contributed by atoms with E-state index >= 15 is 0 Å². The molecule has 1 aliphatic rings. The van der Waals surface area contributed by atoms with Crippen LogP contribution in [0.2, 0.25) is 5.02 Å². The molecule has 2 aromatic carbocycles. The number of aromatic nitrogens is 1. The molecule has 10 heteroatoms. The number of aliphatic hydroxyl groups is 2. The van der Waals surface area contributed by atoms with Crippen LogP contribution in [-0.2, 0) is 0 Å². The Morgan fingerprint density at radius 2 is 1.86 bits per heavy atom. The molecule has 0 unspecified atom stereocenters. The van der Waals surface area contributed by atoms with E-state index in [1.807, 2.05) is 12.1 Å². The molecule has 200 valence electrons. The highest BCUT2D eigenvalue weighted by atomic mass is 35.5. The molecule has 0 saturated carbocycles. The summed E-state index contributed by atoms with van der Waals surface area (Å²) in [7, 11) is 1.57. The Bertz CT molecular complexity index is 1220. The fourth-order valence-corrected chi connectivity index (χ4v) is 5.25. The van der Waals surface area contributed by atoms with Crippen LogP contribution in [0.1, 0.15) is 37.4 Å². The molecule has 1 fully saturated rings. The Balaban J connectivity index is 1.32. The first kappa shape index (κ1) is 27.4. The number of pyridine rings is 1. The number of rotatable bonds is 10. The Morgan fingerprint density at radius 3 is 2.51 bits per heavy atom. The number of hydrogen-bond acceptors (Lipinski definition) is 6. The molecule has 0 spiro atoms. The fourth-order valence-electron chi connectivity index (χ4n) is 4.97. The van der Waals surface area contributed by atoms with Gasteiger partial charge in [0.05, 0.1) is 23.8 Å². The van der Waals surface area contributed by atoms with Crippen molar-refractivity contribution in [1.29, 1.82) is 0 Å². The molecule has 2 heterocycles. The number of piperidine rings is 1. The lowest BCUT2D eigenvalue weighted by Gasteiger charge is -2.41. The maximum absolute atomic E-state index is 13.4. The fraction of sp³-hybridized carbons (Fsp3) is 0.444. The zero-order chi connectivity index (χ0) is 26.6. The van der Waals surface area contributed by atoms with Gasteiger partial charge >= 0.3 is 0 Å². The molecule has 0 radical (unpaired) electrons. The third-order valence-corrected chi connectivity index (χ3v) is 7.64. The molecular weight excluding hydrogens is 507 g/mol. The first-order chi connectivity index (χ1) is 17.7. The lowest BCUT2D eigenvalue weighted by atomic mass is 9.74. The smallest absolute Gasteiger partial charge is 0.194 e. The minimum Gasteiger partial charge on any atom is -0.497 e.